The van der Waals surface area contributed by atoms with Gasteiger partial charge in [0.1, 0.15) is 6.61 Å². The monoisotopic (exact) mass is 421 g/mol. The van der Waals surface area contributed by atoms with Crippen molar-refractivity contribution in [3.63, 3.8) is 0 Å². The Hall–Kier alpha value is -2.07. The van der Waals surface area contributed by atoms with Gasteiger partial charge in [-0.3, -0.25) is 0 Å². The minimum atomic E-state index is -1.49. The molecule has 1 saturated carbocycles. The summed E-state index contributed by atoms with van der Waals surface area (Å²) in [6.45, 7) is 6.24. The van der Waals surface area contributed by atoms with Crippen LogP contribution in [0.3, 0.4) is 0 Å². The van der Waals surface area contributed by atoms with Crippen LogP contribution in [0.2, 0.25) is 19.1 Å². The van der Waals surface area contributed by atoms with Crippen LogP contribution in [0.25, 0.3) is 0 Å². The van der Waals surface area contributed by atoms with Gasteiger partial charge in [-0.15, -0.1) is 0 Å². The van der Waals surface area contributed by atoms with E-state index in [-0.39, 0.29) is 6.09 Å². The van der Waals surface area contributed by atoms with Crippen LogP contribution < -0.4 is 5.19 Å². The molecule has 2 fully saturated rings. The van der Waals surface area contributed by atoms with Gasteiger partial charge in [-0.05, 0) is 36.7 Å². The van der Waals surface area contributed by atoms with Crippen LogP contribution >= 0.6 is 0 Å². The summed E-state index contributed by atoms with van der Waals surface area (Å²) < 4.78 is 5.72. The number of fused-ring (bicyclic) bond motifs is 1. The maximum atomic E-state index is 13.0. The van der Waals surface area contributed by atoms with Crippen molar-refractivity contribution >= 4 is 19.4 Å². The van der Waals surface area contributed by atoms with E-state index in [1.165, 1.54) is 25.3 Å². The molecule has 1 saturated heterocycles. The van der Waals surface area contributed by atoms with Crippen molar-refractivity contribution in [2.75, 3.05) is 6.54 Å². The van der Waals surface area contributed by atoms with Gasteiger partial charge < -0.3 is 9.64 Å². The Kier molecular flexibility index (Phi) is 6.62. The van der Waals surface area contributed by atoms with Crippen LogP contribution in [-0.2, 0) is 11.3 Å². The first kappa shape index (κ1) is 21.2. The zero-order valence-corrected chi connectivity index (χ0v) is 19.4. The van der Waals surface area contributed by atoms with Gasteiger partial charge in [-0.1, -0.05) is 97.8 Å². The van der Waals surface area contributed by atoms with Gasteiger partial charge in [0.2, 0.25) is 0 Å². The number of piperidine rings is 1. The summed E-state index contributed by atoms with van der Waals surface area (Å²) in [7, 11) is -1.49. The second-order valence-electron chi connectivity index (χ2n) is 9.75. The number of amides is 1. The summed E-state index contributed by atoms with van der Waals surface area (Å²) in [5.74, 6) is 1.36. The first-order valence-corrected chi connectivity index (χ1v) is 14.8. The van der Waals surface area contributed by atoms with Crippen molar-refractivity contribution in [2.45, 2.75) is 63.9 Å². The smallest absolute Gasteiger partial charge is 0.410 e. The van der Waals surface area contributed by atoms with Gasteiger partial charge in [0.05, 0.1) is 8.07 Å². The van der Waals surface area contributed by atoms with Gasteiger partial charge in [0, 0.05) is 12.6 Å². The molecule has 0 N–H and O–H groups in total. The molecule has 4 rings (SSSR count). The van der Waals surface area contributed by atoms with E-state index in [1.807, 2.05) is 30.3 Å². The molecule has 0 unspecified atom stereocenters. The average Bonchev–Trinajstić information content (AvgIpc) is 2.78. The Bertz CT molecular complexity index is 823. The fraction of sp³-hybridized carbons (Fsp3) is 0.500. The van der Waals surface area contributed by atoms with E-state index >= 15 is 0 Å². The van der Waals surface area contributed by atoms with E-state index in [2.05, 4.69) is 48.3 Å². The topological polar surface area (TPSA) is 29.5 Å². The quantitative estimate of drug-likeness (QED) is 0.569. The first-order valence-electron chi connectivity index (χ1n) is 11.6. The lowest BCUT2D eigenvalue weighted by molar-refractivity contribution is 0.0169. The molecule has 1 aliphatic carbocycles. The number of carbonyl (C=O) groups is 1. The van der Waals surface area contributed by atoms with Gasteiger partial charge >= 0.3 is 6.09 Å². The molecule has 1 amide bonds. The SMILES string of the molecule is C[Si](C)(C[C@H]1CCC[C@@H]2[C@@H]1CCCN2C(=O)OCc1ccccc1)c1ccccc1. The molecular weight excluding hydrogens is 386 g/mol. The lowest BCUT2D eigenvalue weighted by Gasteiger charge is -2.48. The third-order valence-electron chi connectivity index (χ3n) is 7.28. The Labute approximate surface area is 182 Å². The molecule has 2 aromatic rings. The van der Waals surface area contributed by atoms with E-state index in [0.29, 0.717) is 18.6 Å². The second kappa shape index (κ2) is 9.38. The molecule has 1 aliphatic heterocycles. The maximum absolute atomic E-state index is 13.0. The Morgan fingerprint density at radius 2 is 1.67 bits per heavy atom. The van der Waals surface area contributed by atoms with Crippen LogP contribution in [0.4, 0.5) is 4.79 Å². The number of benzene rings is 2. The van der Waals surface area contributed by atoms with E-state index in [0.717, 1.165) is 30.9 Å². The van der Waals surface area contributed by atoms with Crippen molar-refractivity contribution < 1.29 is 9.53 Å². The number of carbonyl (C=O) groups excluding carboxylic acids is 1. The average molecular weight is 422 g/mol. The van der Waals surface area contributed by atoms with E-state index in [9.17, 15) is 4.79 Å². The minimum absolute atomic E-state index is 0.117. The number of ether oxygens (including phenoxy) is 1. The van der Waals surface area contributed by atoms with Crippen molar-refractivity contribution in [1.29, 1.82) is 0 Å². The van der Waals surface area contributed by atoms with Crippen LogP contribution in [-0.4, -0.2) is 31.7 Å². The third kappa shape index (κ3) is 4.80. The van der Waals surface area contributed by atoms with Crippen LogP contribution in [0, 0.1) is 11.8 Å². The molecule has 0 aromatic heterocycles. The highest BCUT2D eigenvalue weighted by atomic mass is 28.3. The predicted molar refractivity (Wildman–Crippen MR) is 126 cm³/mol. The second-order valence-corrected chi connectivity index (χ2v) is 14.5. The highest BCUT2D eigenvalue weighted by Gasteiger charge is 2.43. The Balaban J connectivity index is 1.42. The minimum Gasteiger partial charge on any atom is -0.445 e. The maximum Gasteiger partial charge on any atom is 0.410 e. The normalized spacial score (nSPS) is 24.2. The predicted octanol–water partition coefficient (Wildman–Crippen LogP) is 5.82. The highest BCUT2D eigenvalue weighted by Crippen LogP contribution is 2.43. The molecule has 0 spiro atoms. The van der Waals surface area contributed by atoms with Gasteiger partial charge in [-0.25, -0.2) is 4.79 Å². The largest absolute Gasteiger partial charge is 0.445 e. The Morgan fingerprint density at radius 3 is 2.40 bits per heavy atom. The number of hydrogen-bond donors (Lipinski definition) is 0. The molecule has 3 nitrogen and oxygen atoms in total. The van der Waals surface area contributed by atoms with E-state index in [4.69, 9.17) is 4.74 Å². The van der Waals surface area contributed by atoms with Gasteiger partial charge in [-0.2, -0.15) is 0 Å². The first-order chi connectivity index (χ1) is 14.5. The zero-order valence-electron chi connectivity index (χ0n) is 18.4. The summed E-state index contributed by atoms with van der Waals surface area (Å²) in [6.07, 6.45) is 5.93. The fourth-order valence-corrected chi connectivity index (χ4v) is 8.90. The summed E-state index contributed by atoms with van der Waals surface area (Å²) in [5, 5.41) is 1.56. The summed E-state index contributed by atoms with van der Waals surface area (Å²) in [5.41, 5.74) is 1.05. The van der Waals surface area contributed by atoms with Crippen molar-refractivity contribution in [1.82, 2.24) is 4.90 Å². The number of likely N-dealkylation sites (tertiary alicyclic amines) is 1. The number of hydrogen-bond acceptors (Lipinski definition) is 2. The highest BCUT2D eigenvalue weighted by molar-refractivity contribution is 6.89. The summed E-state index contributed by atoms with van der Waals surface area (Å²) in [6, 6.07) is 22.8. The lowest BCUT2D eigenvalue weighted by Crippen LogP contribution is -2.54. The molecule has 0 radical (unpaired) electrons. The molecule has 30 heavy (non-hydrogen) atoms. The molecule has 2 aliphatic rings. The zero-order chi connectivity index (χ0) is 21.0. The molecule has 160 valence electrons. The van der Waals surface area contributed by atoms with Crippen LogP contribution in [0.5, 0.6) is 0 Å². The summed E-state index contributed by atoms with van der Waals surface area (Å²) >= 11 is 0. The summed E-state index contributed by atoms with van der Waals surface area (Å²) in [4.78, 5) is 15.0. The number of rotatable bonds is 5. The molecule has 4 heteroatoms. The van der Waals surface area contributed by atoms with Crippen LogP contribution in [0.1, 0.15) is 37.7 Å². The molecule has 2 aromatic carbocycles. The van der Waals surface area contributed by atoms with E-state index in [1.54, 1.807) is 5.19 Å². The van der Waals surface area contributed by atoms with Crippen molar-refractivity contribution in [2.24, 2.45) is 11.8 Å². The standard InChI is InChI=1S/C26H35NO2Si/c1-30(2,23-14-7-4-8-15-23)20-22-13-9-17-25-24(22)16-10-18-27(25)26(28)29-19-21-11-5-3-6-12-21/h3-8,11-12,14-15,22,24-25H,9-10,13,16-20H2,1-2H3/t22-,24-,25-/m1/s1. The number of nitrogens with zero attached hydrogens (tertiary/aromatic N) is 1. The third-order valence-corrected chi connectivity index (χ3v) is 10.7. The van der Waals surface area contributed by atoms with Crippen molar-refractivity contribution in [3.8, 4) is 0 Å². The van der Waals surface area contributed by atoms with Gasteiger partial charge in [0.15, 0.2) is 0 Å². The van der Waals surface area contributed by atoms with Gasteiger partial charge in [0.25, 0.3) is 0 Å². The van der Waals surface area contributed by atoms with E-state index < -0.39 is 8.07 Å². The molecule has 1 heterocycles. The van der Waals surface area contributed by atoms with Crippen LogP contribution in [0.15, 0.2) is 60.7 Å². The molecule has 0 bridgehead atoms. The molecular formula is C26H35NO2Si. The fourth-order valence-electron chi connectivity index (χ4n) is 5.75. The Morgan fingerprint density at radius 1 is 0.967 bits per heavy atom. The lowest BCUT2D eigenvalue weighted by atomic mass is 9.72. The molecule has 3 atom stereocenters. The van der Waals surface area contributed by atoms with Crippen molar-refractivity contribution in [3.05, 3.63) is 66.2 Å².